The summed E-state index contributed by atoms with van der Waals surface area (Å²) in [5, 5.41) is 18.8. The molecule has 0 saturated carbocycles. The lowest BCUT2D eigenvalue weighted by atomic mass is 10.1. The monoisotopic (exact) mass is 421 g/mol. The van der Waals surface area contributed by atoms with Crippen LogP contribution in [0.2, 0.25) is 0 Å². The first kappa shape index (κ1) is 20.9. The molecule has 0 radical (unpaired) electrons. The molecule has 1 aromatic carbocycles. The molecule has 2 heterocycles. The fourth-order valence-corrected chi connectivity index (χ4v) is 2.81. The lowest BCUT2D eigenvalue weighted by Gasteiger charge is -2.12. The van der Waals surface area contributed by atoms with Crippen molar-refractivity contribution >= 4 is 28.3 Å². The van der Waals surface area contributed by atoms with E-state index >= 15 is 0 Å². The van der Waals surface area contributed by atoms with Crippen LogP contribution < -0.4 is 14.8 Å². The van der Waals surface area contributed by atoms with Crippen molar-refractivity contribution in [2.75, 3.05) is 12.4 Å². The highest BCUT2D eigenvalue weighted by Gasteiger charge is 2.26. The SMILES string of the molecule is COc1cc(C(=O)Nc2cnc3c(cnn3C(C)C)c2)c([N+](=O)[O-])cc1OC(F)F. The number of halogens is 2. The van der Waals surface area contributed by atoms with Gasteiger partial charge in [-0.05, 0) is 19.9 Å². The van der Waals surface area contributed by atoms with E-state index in [2.05, 4.69) is 20.1 Å². The molecule has 10 nitrogen and oxygen atoms in total. The summed E-state index contributed by atoms with van der Waals surface area (Å²) in [5.74, 6) is -1.65. The van der Waals surface area contributed by atoms with Crippen molar-refractivity contribution in [2.45, 2.75) is 26.5 Å². The molecule has 1 amide bonds. The third-order valence-electron chi connectivity index (χ3n) is 4.12. The van der Waals surface area contributed by atoms with E-state index in [0.29, 0.717) is 17.1 Å². The fraction of sp³-hybridized carbons (Fsp3) is 0.278. The largest absolute Gasteiger partial charge is 0.493 e. The Balaban J connectivity index is 1.96. The molecule has 30 heavy (non-hydrogen) atoms. The first-order valence-corrected chi connectivity index (χ1v) is 8.67. The zero-order chi connectivity index (χ0) is 22.0. The highest BCUT2D eigenvalue weighted by Crippen LogP contribution is 2.36. The van der Waals surface area contributed by atoms with Gasteiger partial charge in [0.15, 0.2) is 17.1 Å². The summed E-state index contributed by atoms with van der Waals surface area (Å²) in [6, 6.07) is 3.38. The number of benzene rings is 1. The third-order valence-corrected chi connectivity index (χ3v) is 4.12. The van der Waals surface area contributed by atoms with E-state index in [0.717, 1.165) is 13.2 Å². The number of nitro benzene ring substituents is 1. The molecule has 0 aliphatic rings. The predicted octanol–water partition coefficient (Wildman–Crippen LogP) is 3.78. The van der Waals surface area contributed by atoms with E-state index in [9.17, 15) is 23.7 Å². The highest BCUT2D eigenvalue weighted by molar-refractivity contribution is 6.08. The maximum Gasteiger partial charge on any atom is 0.387 e. The molecule has 3 rings (SSSR count). The number of fused-ring (bicyclic) bond motifs is 1. The van der Waals surface area contributed by atoms with Gasteiger partial charge in [-0.15, -0.1) is 0 Å². The molecule has 0 atom stereocenters. The van der Waals surface area contributed by atoms with Crippen LogP contribution in [0.15, 0.2) is 30.6 Å². The number of hydrogen-bond donors (Lipinski definition) is 1. The van der Waals surface area contributed by atoms with Gasteiger partial charge in [-0.1, -0.05) is 0 Å². The Hall–Kier alpha value is -3.83. The number of carbonyl (C=O) groups is 1. The van der Waals surface area contributed by atoms with Gasteiger partial charge in [0, 0.05) is 17.5 Å². The summed E-state index contributed by atoms with van der Waals surface area (Å²) >= 11 is 0. The average Bonchev–Trinajstić information content (AvgIpc) is 3.10. The van der Waals surface area contributed by atoms with Crippen LogP contribution in [0.1, 0.15) is 30.2 Å². The zero-order valence-corrected chi connectivity index (χ0v) is 16.1. The van der Waals surface area contributed by atoms with Crippen LogP contribution in [0.3, 0.4) is 0 Å². The lowest BCUT2D eigenvalue weighted by molar-refractivity contribution is -0.385. The zero-order valence-electron chi connectivity index (χ0n) is 16.1. The van der Waals surface area contributed by atoms with E-state index in [1.54, 1.807) is 16.9 Å². The first-order chi connectivity index (χ1) is 14.2. The van der Waals surface area contributed by atoms with E-state index in [1.165, 1.54) is 6.20 Å². The Bertz CT molecular complexity index is 1120. The number of nitro groups is 1. The van der Waals surface area contributed by atoms with Crippen LogP contribution in [-0.4, -0.2) is 39.3 Å². The van der Waals surface area contributed by atoms with Crippen LogP contribution in [0.25, 0.3) is 11.0 Å². The summed E-state index contributed by atoms with van der Waals surface area (Å²) in [5.41, 5.74) is -0.219. The van der Waals surface area contributed by atoms with Crippen LogP contribution in [0, 0.1) is 10.1 Å². The second-order valence-corrected chi connectivity index (χ2v) is 6.43. The smallest absolute Gasteiger partial charge is 0.387 e. The van der Waals surface area contributed by atoms with E-state index < -0.39 is 34.4 Å². The first-order valence-electron chi connectivity index (χ1n) is 8.67. The standard InChI is InChI=1S/C18H17F2N5O5/c1-9(2)24-16-10(7-22-24)4-11(8-21-16)23-17(26)12-5-14(29-3)15(30-18(19)20)6-13(12)25(27)28/h4-9,18H,1-3H3,(H,23,26). The predicted molar refractivity (Wildman–Crippen MR) is 102 cm³/mol. The fourth-order valence-electron chi connectivity index (χ4n) is 2.81. The van der Waals surface area contributed by atoms with Crippen LogP contribution >= 0.6 is 0 Å². The Kier molecular flexibility index (Phi) is 5.76. The lowest BCUT2D eigenvalue weighted by Crippen LogP contribution is -2.15. The number of nitrogens with one attached hydrogen (secondary N) is 1. The Morgan fingerprint density at radius 1 is 1.23 bits per heavy atom. The number of pyridine rings is 1. The van der Waals surface area contributed by atoms with Crippen molar-refractivity contribution in [3.05, 3.63) is 46.3 Å². The minimum atomic E-state index is -3.22. The number of ether oxygens (including phenoxy) is 2. The normalized spacial score (nSPS) is 11.2. The number of rotatable bonds is 7. The van der Waals surface area contributed by atoms with Gasteiger partial charge in [-0.2, -0.15) is 13.9 Å². The van der Waals surface area contributed by atoms with Gasteiger partial charge in [-0.25, -0.2) is 9.67 Å². The topological polar surface area (TPSA) is 121 Å². The van der Waals surface area contributed by atoms with Gasteiger partial charge in [0.1, 0.15) is 5.56 Å². The van der Waals surface area contributed by atoms with Gasteiger partial charge in [0.2, 0.25) is 0 Å². The summed E-state index contributed by atoms with van der Waals surface area (Å²) in [6.07, 6.45) is 2.97. The number of methoxy groups -OCH3 is 1. The minimum absolute atomic E-state index is 0.0829. The summed E-state index contributed by atoms with van der Waals surface area (Å²) in [7, 11) is 1.16. The number of alkyl halides is 2. The number of amides is 1. The van der Waals surface area contributed by atoms with Gasteiger partial charge in [0.25, 0.3) is 11.6 Å². The average molecular weight is 421 g/mol. The molecule has 158 valence electrons. The third kappa shape index (κ3) is 4.11. The van der Waals surface area contributed by atoms with Gasteiger partial charge in [0.05, 0.1) is 36.2 Å². The van der Waals surface area contributed by atoms with Gasteiger partial charge in [-0.3, -0.25) is 14.9 Å². The molecule has 0 saturated heterocycles. The van der Waals surface area contributed by atoms with Gasteiger partial charge >= 0.3 is 6.61 Å². The Labute approximate surface area is 168 Å². The Morgan fingerprint density at radius 3 is 2.57 bits per heavy atom. The number of aromatic nitrogens is 3. The van der Waals surface area contributed by atoms with Crippen molar-refractivity contribution in [1.29, 1.82) is 0 Å². The summed E-state index contributed by atoms with van der Waals surface area (Å²) in [6.45, 7) is 0.665. The molecular formula is C18H17F2N5O5. The van der Waals surface area contributed by atoms with Gasteiger partial charge < -0.3 is 14.8 Å². The molecule has 0 fully saturated rings. The number of anilines is 1. The van der Waals surface area contributed by atoms with Crippen molar-refractivity contribution in [3.63, 3.8) is 0 Å². The molecular weight excluding hydrogens is 404 g/mol. The molecule has 3 aromatic rings. The molecule has 0 bridgehead atoms. The molecule has 0 spiro atoms. The van der Waals surface area contributed by atoms with Crippen molar-refractivity contribution < 1.29 is 28.0 Å². The maximum absolute atomic E-state index is 12.7. The van der Waals surface area contributed by atoms with E-state index in [-0.39, 0.29) is 17.5 Å². The van der Waals surface area contributed by atoms with Crippen molar-refractivity contribution in [1.82, 2.24) is 14.8 Å². The summed E-state index contributed by atoms with van der Waals surface area (Å²) < 4.78 is 36.0. The molecule has 2 aromatic heterocycles. The molecule has 0 unspecified atom stereocenters. The van der Waals surface area contributed by atoms with Crippen LogP contribution in [-0.2, 0) is 0 Å². The number of hydrogen-bond acceptors (Lipinski definition) is 7. The minimum Gasteiger partial charge on any atom is -0.493 e. The maximum atomic E-state index is 12.7. The quantitative estimate of drug-likeness (QED) is 0.455. The van der Waals surface area contributed by atoms with Crippen LogP contribution in [0.4, 0.5) is 20.2 Å². The molecule has 12 heteroatoms. The van der Waals surface area contributed by atoms with Crippen molar-refractivity contribution in [3.8, 4) is 11.5 Å². The number of nitrogens with zero attached hydrogens (tertiary/aromatic N) is 4. The van der Waals surface area contributed by atoms with E-state index in [4.69, 9.17) is 4.74 Å². The number of carbonyl (C=O) groups excluding carboxylic acids is 1. The second kappa shape index (κ2) is 8.27. The second-order valence-electron chi connectivity index (χ2n) is 6.43. The molecule has 1 N–H and O–H groups in total. The Morgan fingerprint density at radius 2 is 1.97 bits per heavy atom. The van der Waals surface area contributed by atoms with Crippen LogP contribution in [0.5, 0.6) is 11.5 Å². The molecule has 0 aliphatic heterocycles. The van der Waals surface area contributed by atoms with E-state index in [1.807, 2.05) is 13.8 Å². The van der Waals surface area contributed by atoms with Crippen molar-refractivity contribution in [2.24, 2.45) is 0 Å². The summed E-state index contributed by atoms with van der Waals surface area (Å²) in [4.78, 5) is 27.5. The highest BCUT2D eigenvalue weighted by atomic mass is 19.3. The molecule has 0 aliphatic carbocycles.